The van der Waals surface area contributed by atoms with Gasteiger partial charge in [-0.1, -0.05) is 45.0 Å². The largest absolute Gasteiger partial charge is 0.478 e. The molecule has 4 nitrogen and oxygen atoms in total. The first-order valence-electron chi connectivity index (χ1n) is 9.38. The van der Waals surface area contributed by atoms with Crippen molar-refractivity contribution in [1.82, 2.24) is 0 Å². The second-order valence-electron chi connectivity index (χ2n) is 9.06. The fraction of sp³-hybridized carbons (Fsp3) is 0.409. The van der Waals surface area contributed by atoms with Gasteiger partial charge in [-0.3, -0.25) is 0 Å². The fourth-order valence-corrected chi connectivity index (χ4v) is 4.56. The van der Waals surface area contributed by atoms with E-state index in [-0.39, 0.29) is 17.2 Å². The summed E-state index contributed by atoms with van der Waals surface area (Å²) in [6.45, 7) is 11.9. The molecule has 2 bridgehead atoms. The van der Waals surface area contributed by atoms with Gasteiger partial charge in [0.25, 0.3) is 0 Å². The van der Waals surface area contributed by atoms with Crippen molar-refractivity contribution in [1.29, 1.82) is 0 Å². The molecule has 4 rings (SSSR count). The fourth-order valence-electron chi connectivity index (χ4n) is 3.60. The van der Waals surface area contributed by atoms with Crippen molar-refractivity contribution in [2.45, 2.75) is 57.7 Å². The number of aromatic carboxylic acids is 1. The van der Waals surface area contributed by atoms with Crippen LogP contribution in [-0.4, -0.2) is 19.4 Å². The first-order valence-corrected chi connectivity index (χ1v) is 12.3. The van der Waals surface area contributed by atoms with Gasteiger partial charge in [-0.2, -0.15) is 0 Å². The molecule has 5 heteroatoms. The van der Waals surface area contributed by atoms with Crippen LogP contribution in [0.4, 0.5) is 0 Å². The zero-order chi connectivity index (χ0) is 19.6. The highest BCUT2D eigenvalue weighted by Gasteiger charge is 2.43. The van der Waals surface area contributed by atoms with E-state index in [0.717, 1.165) is 16.7 Å². The lowest BCUT2D eigenvalue weighted by atomic mass is 9.84. The highest BCUT2D eigenvalue weighted by atomic mass is 28.4. The Morgan fingerprint density at radius 3 is 2.22 bits per heavy atom. The molecule has 0 saturated carbocycles. The molecule has 2 aliphatic heterocycles. The van der Waals surface area contributed by atoms with Crippen LogP contribution in [0.2, 0.25) is 18.1 Å². The van der Waals surface area contributed by atoms with E-state index in [4.69, 9.17) is 9.16 Å². The lowest BCUT2D eigenvalue weighted by molar-refractivity contribution is 0.0696. The number of carboxylic acids is 1. The molecule has 1 N–H and O–H groups in total. The van der Waals surface area contributed by atoms with Crippen molar-refractivity contribution in [2.75, 3.05) is 0 Å². The Bertz CT molecular complexity index is 926. The van der Waals surface area contributed by atoms with E-state index in [1.165, 1.54) is 11.1 Å². The number of ether oxygens (including phenoxy) is 1. The molecule has 0 amide bonds. The summed E-state index contributed by atoms with van der Waals surface area (Å²) in [7, 11) is -1.79. The summed E-state index contributed by atoms with van der Waals surface area (Å²) in [5, 5.41) is 9.44. The van der Waals surface area contributed by atoms with E-state index < -0.39 is 14.3 Å². The maximum atomic E-state index is 11.3. The molecule has 0 aliphatic carbocycles. The molecule has 2 aromatic carbocycles. The van der Waals surface area contributed by atoms with Gasteiger partial charge >= 0.3 is 5.97 Å². The molecule has 0 aromatic heterocycles. The molecule has 0 radical (unpaired) electrons. The predicted octanol–water partition coefficient (Wildman–Crippen LogP) is 5.43. The highest BCUT2D eigenvalue weighted by molar-refractivity contribution is 6.74. The van der Waals surface area contributed by atoms with Crippen LogP contribution in [0.25, 0.3) is 0 Å². The van der Waals surface area contributed by atoms with Crippen molar-refractivity contribution in [3.8, 4) is 0 Å². The maximum Gasteiger partial charge on any atom is 0.335 e. The molecule has 2 aromatic rings. The zero-order valence-corrected chi connectivity index (χ0v) is 17.5. The van der Waals surface area contributed by atoms with Crippen LogP contribution in [0.15, 0.2) is 36.4 Å². The molecule has 27 heavy (non-hydrogen) atoms. The van der Waals surface area contributed by atoms with E-state index in [1.54, 1.807) is 12.1 Å². The average molecular weight is 383 g/mol. The maximum absolute atomic E-state index is 11.3. The van der Waals surface area contributed by atoms with Gasteiger partial charge < -0.3 is 14.3 Å². The van der Waals surface area contributed by atoms with Gasteiger partial charge in [0.05, 0.1) is 12.2 Å². The molecular weight excluding hydrogens is 356 g/mol. The van der Waals surface area contributed by atoms with Crippen molar-refractivity contribution >= 4 is 14.3 Å². The van der Waals surface area contributed by atoms with Crippen LogP contribution in [0, 0.1) is 0 Å². The summed E-state index contributed by atoms with van der Waals surface area (Å²) in [6.07, 6.45) is -0.259. The molecule has 142 valence electrons. The zero-order valence-electron chi connectivity index (χ0n) is 16.5. The molecule has 0 spiro atoms. The Labute approximate surface area is 161 Å². The van der Waals surface area contributed by atoms with Crippen molar-refractivity contribution < 1.29 is 19.1 Å². The number of carboxylic acid groups (broad SMARTS) is 1. The molecular formula is C22H26O4Si. The summed E-state index contributed by atoms with van der Waals surface area (Å²) >= 11 is 0. The van der Waals surface area contributed by atoms with Crippen molar-refractivity contribution in [3.05, 3.63) is 69.8 Å². The Morgan fingerprint density at radius 1 is 1.04 bits per heavy atom. The number of benzene rings is 2. The second kappa shape index (κ2) is 6.02. The van der Waals surface area contributed by atoms with Crippen LogP contribution >= 0.6 is 0 Å². The smallest absolute Gasteiger partial charge is 0.335 e. The first-order chi connectivity index (χ1) is 12.6. The lowest BCUT2D eigenvalue weighted by Crippen LogP contribution is -2.40. The average Bonchev–Trinajstić information content (AvgIpc) is 3.15. The third-order valence-corrected chi connectivity index (χ3v) is 10.8. The predicted molar refractivity (Wildman–Crippen MR) is 107 cm³/mol. The third kappa shape index (κ3) is 2.94. The highest BCUT2D eigenvalue weighted by Crippen LogP contribution is 2.54. The SMILES string of the molecule is CC(C)(C)[Si](C)(C)OCc1ccc2c(c1)[C@H]1O[C@@H]2c2cc(C(=O)O)ccc21. The summed E-state index contributed by atoms with van der Waals surface area (Å²) in [5.74, 6) is -0.904. The van der Waals surface area contributed by atoms with E-state index in [2.05, 4.69) is 52.1 Å². The van der Waals surface area contributed by atoms with Gasteiger partial charge in [0.1, 0.15) is 12.2 Å². The summed E-state index contributed by atoms with van der Waals surface area (Å²) in [6, 6.07) is 11.7. The van der Waals surface area contributed by atoms with E-state index in [9.17, 15) is 9.90 Å². The lowest BCUT2D eigenvalue weighted by Gasteiger charge is -2.36. The Hall–Kier alpha value is -1.95. The molecule has 0 saturated heterocycles. The number of rotatable bonds is 4. The minimum absolute atomic E-state index is 0.101. The van der Waals surface area contributed by atoms with Crippen molar-refractivity contribution in [3.63, 3.8) is 0 Å². The number of fused-ring (bicyclic) bond motifs is 8. The van der Waals surface area contributed by atoms with E-state index in [1.807, 2.05) is 6.07 Å². The van der Waals surface area contributed by atoms with Gasteiger partial charge in [0.15, 0.2) is 8.32 Å². The van der Waals surface area contributed by atoms with Gasteiger partial charge in [0, 0.05) is 0 Å². The molecule has 0 unspecified atom stereocenters. The topological polar surface area (TPSA) is 55.8 Å². The van der Waals surface area contributed by atoms with Gasteiger partial charge in [-0.15, -0.1) is 0 Å². The summed E-state index contributed by atoms with van der Waals surface area (Å²) in [4.78, 5) is 11.3. The number of carbonyl (C=O) groups is 1. The normalized spacial score (nSPS) is 20.5. The van der Waals surface area contributed by atoms with Crippen LogP contribution in [-0.2, 0) is 15.8 Å². The molecule has 2 heterocycles. The Kier molecular flexibility index (Phi) is 4.11. The van der Waals surface area contributed by atoms with E-state index >= 15 is 0 Å². The summed E-state index contributed by atoms with van der Waals surface area (Å²) in [5.41, 5.74) is 5.87. The number of hydrogen-bond acceptors (Lipinski definition) is 3. The quantitative estimate of drug-likeness (QED) is 0.717. The number of hydrogen-bond donors (Lipinski definition) is 1. The standard InChI is InChI=1S/C22H26O4Si/c1-22(2,3)27(4,5)25-12-13-6-8-15-17(10-13)19-16-9-7-14(21(23)24)11-18(16)20(15)26-19/h6-11,19-20H,12H2,1-5H3,(H,23,24)/t19-,20-/m0/s1. The summed E-state index contributed by atoms with van der Waals surface area (Å²) < 4.78 is 12.5. The van der Waals surface area contributed by atoms with Crippen LogP contribution < -0.4 is 0 Å². The minimum Gasteiger partial charge on any atom is -0.478 e. The van der Waals surface area contributed by atoms with Crippen LogP contribution in [0.3, 0.4) is 0 Å². The van der Waals surface area contributed by atoms with Gasteiger partial charge in [-0.05, 0) is 58.1 Å². The third-order valence-electron chi connectivity index (χ3n) is 6.29. The van der Waals surface area contributed by atoms with Crippen LogP contribution in [0.1, 0.15) is 71.2 Å². The Balaban J connectivity index is 1.59. The van der Waals surface area contributed by atoms with Crippen molar-refractivity contribution in [2.24, 2.45) is 0 Å². The van der Waals surface area contributed by atoms with Gasteiger partial charge in [0.2, 0.25) is 0 Å². The Morgan fingerprint density at radius 2 is 1.63 bits per heavy atom. The monoisotopic (exact) mass is 382 g/mol. The molecule has 0 fully saturated rings. The second-order valence-corrected chi connectivity index (χ2v) is 13.9. The first kappa shape index (κ1) is 18.4. The van der Waals surface area contributed by atoms with Gasteiger partial charge in [-0.25, -0.2) is 4.79 Å². The minimum atomic E-state index is -1.79. The molecule has 2 atom stereocenters. The van der Waals surface area contributed by atoms with Crippen LogP contribution in [0.5, 0.6) is 0 Å². The molecule has 2 aliphatic rings. The van der Waals surface area contributed by atoms with E-state index in [0.29, 0.717) is 12.2 Å².